The molecular weight excluding hydrogens is 308 g/mol. The van der Waals surface area contributed by atoms with Crippen LogP contribution in [0, 0.1) is 0 Å². The third kappa shape index (κ3) is 2.61. The van der Waals surface area contributed by atoms with Gasteiger partial charge >= 0.3 is 5.69 Å². The van der Waals surface area contributed by atoms with Crippen molar-refractivity contribution in [1.29, 1.82) is 0 Å². The number of halogens is 1. The van der Waals surface area contributed by atoms with Crippen LogP contribution in [0.15, 0.2) is 20.8 Å². The third-order valence-corrected chi connectivity index (χ3v) is 2.70. The predicted octanol–water partition coefficient (Wildman–Crippen LogP) is -0.234. The van der Waals surface area contributed by atoms with E-state index >= 15 is 0 Å². The maximum absolute atomic E-state index is 11.7. The molecule has 8 heteroatoms. The molecule has 1 fully saturated rings. The lowest BCUT2D eigenvalue weighted by atomic mass is 10.3. The zero-order valence-corrected chi connectivity index (χ0v) is 10.8. The fourth-order valence-corrected chi connectivity index (χ4v) is 1.87. The van der Waals surface area contributed by atoms with Gasteiger partial charge in [0.1, 0.15) is 0 Å². The van der Waals surface area contributed by atoms with Gasteiger partial charge in [0.25, 0.3) is 5.56 Å². The van der Waals surface area contributed by atoms with E-state index in [0.717, 1.165) is 0 Å². The maximum Gasteiger partial charge on any atom is 0.330 e. The highest BCUT2D eigenvalue weighted by molar-refractivity contribution is 9.11. The lowest BCUT2D eigenvalue weighted by Crippen LogP contribution is -2.34. The molecule has 0 radical (unpaired) electrons. The minimum absolute atomic E-state index is 0.134. The summed E-state index contributed by atoms with van der Waals surface area (Å²) in [6, 6.07) is 0. The number of hydrogen-bond donors (Lipinski definition) is 2. The molecule has 2 atom stereocenters. The number of rotatable bonds is 3. The molecule has 7 nitrogen and oxygen atoms in total. The van der Waals surface area contributed by atoms with E-state index in [1.165, 1.54) is 21.8 Å². The van der Waals surface area contributed by atoms with Gasteiger partial charge in [0.15, 0.2) is 12.5 Å². The zero-order chi connectivity index (χ0) is 13.1. The van der Waals surface area contributed by atoms with Crippen LogP contribution < -0.4 is 11.2 Å². The summed E-state index contributed by atoms with van der Waals surface area (Å²) < 4.78 is 11.6. The molecule has 0 amide bonds. The van der Waals surface area contributed by atoms with Gasteiger partial charge in [-0.3, -0.25) is 14.3 Å². The summed E-state index contributed by atoms with van der Waals surface area (Å²) in [6.45, 7) is -0.155. The van der Waals surface area contributed by atoms with Gasteiger partial charge in [0, 0.05) is 6.20 Å². The van der Waals surface area contributed by atoms with E-state index in [4.69, 9.17) is 14.6 Å². The van der Waals surface area contributed by atoms with Crippen molar-refractivity contribution in [2.75, 3.05) is 13.2 Å². The molecule has 98 valence electrons. The van der Waals surface area contributed by atoms with E-state index < -0.39 is 23.8 Å². The van der Waals surface area contributed by atoms with E-state index in [0.29, 0.717) is 5.56 Å². The van der Waals surface area contributed by atoms with Crippen LogP contribution in [0.25, 0.3) is 6.08 Å². The van der Waals surface area contributed by atoms with Crippen LogP contribution in [-0.4, -0.2) is 34.2 Å². The van der Waals surface area contributed by atoms with Gasteiger partial charge in [-0.25, -0.2) is 4.79 Å². The Labute approximate surface area is 110 Å². The van der Waals surface area contributed by atoms with Crippen molar-refractivity contribution in [2.45, 2.75) is 12.5 Å². The first kappa shape index (κ1) is 13.2. The maximum atomic E-state index is 11.7. The van der Waals surface area contributed by atoms with Crippen LogP contribution in [0.3, 0.4) is 0 Å². The van der Waals surface area contributed by atoms with Gasteiger partial charge in [-0.1, -0.05) is 15.9 Å². The van der Waals surface area contributed by atoms with Gasteiger partial charge in [0.05, 0.1) is 18.8 Å². The second kappa shape index (κ2) is 5.61. The predicted molar refractivity (Wildman–Crippen MR) is 66.2 cm³/mol. The quantitative estimate of drug-likeness (QED) is 0.802. The Morgan fingerprint density at radius 1 is 1.61 bits per heavy atom. The Morgan fingerprint density at radius 2 is 2.39 bits per heavy atom. The highest BCUT2D eigenvalue weighted by Gasteiger charge is 2.27. The molecule has 0 spiro atoms. The summed E-state index contributed by atoms with van der Waals surface area (Å²) >= 11 is 3.06. The van der Waals surface area contributed by atoms with Crippen molar-refractivity contribution in [3.05, 3.63) is 37.6 Å². The topological polar surface area (TPSA) is 93.6 Å². The van der Waals surface area contributed by atoms with Crippen molar-refractivity contribution in [3.63, 3.8) is 0 Å². The number of hydrogen-bond acceptors (Lipinski definition) is 5. The van der Waals surface area contributed by atoms with Crippen LogP contribution >= 0.6 is 15.9 Å². The van der Waals surface area contributed by atoms with Gasteiger partial charge in [-0.05, 0) is 11.1 Å². The van der Waals surface area contributed by atoms with Gasteiger partial charge < -0.3 is 14.6 Å². The second-order valence-corrected chi connectivity index (χ2v) is 4.11. The normalized spacial score (nSPS) is 23.9. The van der Waals surface area contributed by atoms with Gasteiger partial charge in [0.2, 0.25) is 0 Å². The van der Waals surface area contributed by atoms with E-state index in [9.17, 15) is 9.59 Å². The van der Waals surface area contributed by atoms with E-state index in [1.54, 1.807) is 0 Å². The fourth-order valence-electron chi connectivity index (χ4n) is 1.59. The monoisotopic (exact) mass is 318 g/mol. The number of nitrogens with one attached hydrogen (secondary N) is 1. The molecule has 1 aliphatic rings. The zero-order valence-electron chi connectivity index (χ0n) is 9.21. The lowest BCUT2D eigenvalue weighted by Gasteiger charge is -2.12. The highest BCUT2D eigenvalue weighted by Crippen LogP contribution is 2.18. The molecule has 2 N–H and O–H groups in total. The molecule has 2 heterocycles. The van der Waals surface area contributed by atoms with Crippen molar-refractivity contribution in [2.24, 2.45) is 0 Å². The number of aromatic amines is 1. The minimum Gasteiger partial charge on any atom is -0.391 e. The molecule has 1 aliphatic heterocycles. The molecule has 2 rings (SSSR count). The van der Waals surface area contributed by atoms with E-state index in [2.05, 4.69) is 20.9 Å². The SMILES string of the molecule is O=c1[nH]c(=O)n([C@@H]2CO[C@@H](CO)O2)cc1C=CBr. The molecule has 0 saturated carbocycles. The Kier molecular flexibility index (Phi) is 4.12. The second-order valence-electron chi connectivity index (χ2n) is 3.58. The molecule has 0 aliphatic carbocycles. The summed E-state index contributed by atoms with van der Waals surface area (Å²) in [7, 11) is 0. The Balaban J connectivity index is 2.36. The average Bonchev–Trinajstić information content (AvgIpc) is 2.81. The summed E-state index contributed by atoms with van der Waals surface area (Å²) in [4.78, 5) is 26.8. The number of aliphatic hydroxyl groups excluding tert-OH is 1. The molecule has 0 bridgehead atoms. The number of aliphatic hydroxyl groups is 1. The van der Waals surface area contributed by atoms with E-state index in [-0.39, 0.29) is 13.2 Å². The highest BCUT2D eigenvalue weighted by atomic mass is 79.9. The van der Waals surface area contributed by atoms with Crippen molar-refractivity contribution in [1.82, 2.24) is 9.55 Å². The minimum atomic E-state index is -0.746. The molecule has 0 unspecified atom stereocenters. The van der Waals surface area contributed by atoms with E-state index in [1.807, 2.05) is 0 Å². The van der Waals surface area contributed by atoms with Gasteiger partial charge in [-0.15, -0.1) is 0 Å². The van der Waals surface area contributed by atoms with Crippen molar-refractivity contribution < 1.29 is 14.6 Å². The Morgan fingerprint density at radius 3 is 3.00 bits per heavy atom. The summed E-state index contributed by atoms with van der Waals surface area (Å²) in [5.41, 5.74) is -0.758. The summed E-state index contributed by atoms with van der Waals surface area (Å²) in [5, 5.41) is 8.87. The van der Waals surface area contributed by atoms with Crippen molar-refractivity contribution in [3.8, 4) is 0 Å². The Bertz CT molecular complexity index is 564. The van der Waals surface area contributed by atoms with Crippen LogP contribution in [0.4, 0.5) is 0 Å². The smallest absolute Gasteiger partial charge is 0.330 e. The van der Waals surface area contributed by atoms with Crippen LogP contribution in [0.1, 0.15) is 11.8 Å². The molecule has 18 heavy (non-hydrogen) atoms. The van der Waals surface area contributed by atoms with Crippen LogP contribution in [-0.2, 0) is 9.47 Å². The number of nitrogens with zero attached hydrogens (tertiary/aromatic N) is 1. The molecule has 0 aromatic carbocycles. The van der Waals surface area contributed by atoms with Crippen molar-refractivity contribution >= 4 is 22.0 Å². The van der Waals surface area contributed by atoms with Crippen LogP contribution in [0.5, 0.6) is 0 Å². The summed E-state index contributed by atoms with van der Waals surface area (Å²) in [5.74, 6) is 0. The molecule has 1 aromatic heterocycles. The molecular formula is C10H11BrN2O5. The number of H-pyrrole nitrogens is 1. The Hall–Kier alpha value is -1.22. The standard InChI is InChI=1S/C10H11BrN2O5/c11-2-1-6-3-13(10(16)12-9(6)15)7-5-17-8(4-14)18-7/h1-3,7-8,14H,4-5H2,(H,12,15,16)/t7-,8+/m0/s1. The first-order valence-electron chi connectivity index (χ1n) is 5.16. The third-order valence-electron chi connectivity index (χ3n) is 2.43. The first-order chi connectivity index (χ1) is 8.65. The number of ether oxygens (including phenoxy) is 2. The average molecular weight is 319 g/mol. The summed E-state index contributed by atoms with van der Waals surface area (Å²) in [6.07, 6.45) is 1.49. The molecule has 1 saturated heterocycles. The largest absolute Gasteiger partial charge is 0.391 e. The fraction of sp³-hybridized carbons (Fsp3) is 0.400. The van der Waals surface area contributed by atoms with Crippen LogP contribution in [0.2, 0.25) is 0 Å². The van der Waals surface area contributed by atoms with Gasteiger partial charge in [-0.2, -0.15) is 0 Å². The lowest BCUT2D eigenvalue weighted by molar-refractivity contribution is -0.0993. The number of aromatic nitrogens is 2. The molecule has 1 aromatic rings. The first-order valence-corrected chi connectivity index (χ1v) is 6.07.